The Morgan fingerprint density at radius 3 is 2.53 bits per heavy atom. The van der Waals surface area contributed by atoms with E-state index in [0.717, 1.165) is 11.8 Å². The van der Waals surface area contributed by atoms with Crippen LogP contribution in [0.3, 0.4) is 0 Å². The molecule has 0 heteroatoms. The van der Waals surface area contributed by atoms with E-state index in [1.165, 1.54) is 51.4 Å². The quantitative estimate of drug-likeness (QED) is 0.544. The third-order valence-electron chi connectivity index (χ3n) is 4.56. The van der Waals surface area contributed by atoms with E-state index in [4.69, 9.17) is 0 Å². The second-order valence-electron chi connectivity index (χ2n) is 6.21. The van der Waals surface area contributed by atoms with Gasteiger partial charge in [-0.05, 0) is 36.5 Å². The standard InChI is InChI=1S/C15H30/c1-5-6-11-15(4)12-9-7-8-10-14(15)13(2)3/h13-14H,5-12H2,1-4H3. The van der Waals surface area contributed by atoms with Gasteiger partial charge in [-0.25, -0.2) is 0 Å². The van der Waals surface area contributed by atoms with Crippen molar-refractivity contribution in [3.63, 3.8) is 0 Å². The van der Waals surface area contributed by atoms with E-state index in [2.05, 4.69) is 27.7 Å². The first-order chi connectivity index (χ1) is 7.10. The minimum atomic E-state index is 0.653. The molecule has 0 aromatic heterocycles. The van der Waals surface area contributed by atoms with Crippen molar-refractivity contribution in [1.29, 1.82) is 0 Å². The molecule has 1 aliphatic carbocycles. The first-order valence-electron chi connectivity index (χ1n) is 7.10. The molecule has 0 saturated heterocycles. The molecule has 0 amide bonds. The molecule has 1 saturated carbocycles. The molecule has 0 spiro atoms. The van der Waals surface area contributed by atoms with E-state index in [-0.39, 0.29) is 0 Å². The fourth-order valence-electron chi connectivity index (χ4n) is 3.63. The Kier molecular flexibility index (Phi) is 5.15. The van der Waals surface area contributed by atoms with Crippen LogP contribution in [0.15, 0.2) is 0 Å². The minimum Gasteiger partial charge on any atom is -0.0654 e. The number of rotatable bonds is 4. The molecule has 1 aliphatic rings. The molecule has 0 bridgehead atoms. The highest BCUT2D eigenvalue weighted by molar-refractivity contribution is 4.86. The van der Waals surface area contributed by atoms with Gasteiger partial charge in [-0.2, -0.15) is 0 Å². The fraction of sp³-hybridized carbons (Fsp3) is 1.00. The van der Waals surface area contributed by atoms with Crippen LogP contribution < -0.4 is 0 Å². The van der Waals surface area contributed by atoms with Crippen molar-refractivity contribution >= 4 is 0 Å². The molecule has 0 aromatic rings. The second kappa shape index (κ2) is 5.92. The van der Waals surface area contributed by atoms with Crippen molar-refractivity contribution in [2.24, 2.45) is 17.3 Å². The summed E-state index contributed by atoms with van der Waals surface area (Å²) in [5.74, 6) is 1.86. The van der Waals surface area contributed by atoms with Gasteiger partial charge in [-0.15, -0.1) is 0 Å². The van der Waals surface area contributed by atoms with E-state index < -0.39 is 0 Å². The highest BCUT2D eigenvalue weighted by Gasteiger charge is 2.35. The minimum absolute atomic E-state index is 0.653. The van der Waals surface area contributed by atoms with E-state index in [1.54, 1.807) is 0 Å². The van der Waals surface area contributed by atoms with Crippen LogP contribution in [0.5, 0.6) is 0 Å². The lowest BCUT2D eigenvalue weighted by Gasteiger charge is -2.39. The predicted octanol–water partition coefficient (Wildman–Crippen LogP) is 5.42. The van der Waals surface area contributed by atoms with E-state index in [1.807, 2.05) is 0 Å². The van der Waals surface area contributed by atoms with E-state index >= 15 is 0 Å². The monoisotopic (exact) mass is 210 g/mol. The van der Waals surface area contributed by atoms with Crippen LogP contribution in [0.1, 0.15) is 79.1 Å². The highest BCUT2D eigenvalue weighted by Crippen LogP contribution is 2.46. The lowest BCUT2D eigenvalue weighted by molar-refractivity contribution is 0.108. The van der Waals surface area contributed by atoms with Gasteiger partial charge in [0.05, 0.1) is 0 Å². The summed E-state index contributed by atoms with van der Waals surface area (Å²) in [6, 6.07) is 0. The average Bonchev–Trinajstić information content (AvgIpc) is 2.37. The molecule has 15 heavy (non-hydrogen) atoms. The van der Waals surface area contributed by atoms with Gasteiger partial charge in [0.2, 0.25) is 0 Å². The fourth-order valence-corrected chi connectivity index (χ4v) is 3.63. The number of hydrogen-bond donors (Lipinski definition) is 0. The Balaban J connectivity index is 2.67. The largest absolute Gasteiger partial charge is 0.0654 e. The molecule has 1 rings (SSSR count). The summed E-state index contributed by atoms with van der Waals surface area (Å²) in [6.07, 6.45) is 11.7. The Hall–Kier alpha value is 0. The smallest absolute Gasteiger partial charge is 0.0295 e. The third-order valence-corrected chi connectivity index (χ3v) is 4.56. The summed E-state index contributed by atoms with van der Waals surface area (Å²) in [5, 5.41) is 0. The van der Waals surface area contributed by atoms with Crippen LogP contribution in [0.4, 0.5) is 0 Å². The van der Waals surface area contributed by atoms with Gasteiger partial charge in [-0.1, -0.05) is 59.8 Å². The highest BCUT2D eigenvalue weighted by atomic mass is 14.4. The zero-order valence-electron chi connectivity index (χ0n) is 11.3. The molecule has 90 valence electrons. The Bertz CT molecular complexity index is 171. The average molecular weight is 210 g/mol. The lowest BCUT2D eigenvalue weighted by Crippen LogP contribution is -2.30. The van der Waals surface area contributed by atoms with Crippen molar-refractivity contribution < 1.29 is 0 Å². The van der Waals surface area contributed by atoms with Crippen LogP contribution in [0.25, 0.3) is 0 Å². The van der Waals surface area contributed by atoms with Gasteiger partial charge in [-0.3, -0.25) is 0 Å². The van der Waals surface area contributed by atoms with Gasteiger partial charge in [0.1, 0.15) is 0 Å². The topological polar surface area (TPSA) is 0 Å². The molecular weight excluding hydrogens is 180 g/mol. The Morgan fingerprint density at radius 1 is 1.20 bits per heavy atom. The van der Waals surface area contributed by atoms with E-state index in [9.17, 15) is 0 Å². The molecule has 0 heterocycles. The summed E-state index contributed by atoms with van der Waals surface area (Å²) >= 11 is 0. The molecule has 0 aromatic carbocycles. The van der Waals surface area contributed by atoms with Gasteiger partial charge in [0.25, 0.3) is 0 Å². The van der Waals surface area contributed by atoms with Crippen molar-refractivity contribution in [3.05, 3.63) is 0 Å². The molecule has 2 atom stereocenters. The molecule has 0 nitrogen and oxygen atoms in total. The predicted molar refractivity (Wildman–Crippen MR) is 69.0 cm³/mol. The van der Waals surface area contributed by atoms with Crippen molar-refractivity contribution in [3.8, 4) is 0 Å². The normalized spacial score (nSPS) is 33.0. The zero-order chi connectivity index (χ0) is 11.3. The lowest BCUT2D eigenvalue weighted by atomic mass is 9.66. The van der Waals surface area contributed by atoms with Crippen LogP contribution in [-0.4, -0.2) is 0 Å². The van der Waals surface area contributed by atoms with Gasteiger partial charge in [0.15, 0.2) is 0 Å². The first-order valence-corrected chi connectivity index (χ1v) is 7.10. The molecule has 0 N–H and O–H groups in total. The summed E-state index contributed by atoms with van der Waals surface area (Å²) in [7, 11) is 0. The summed E-state index contributed by atoms with van der Waals surface area (Å²) in [6.45, 7) is 9.75. The number of hydrogen-bond acceptors (Lipinski definition) is 0. The van der Waals surface area contributed by atoms with Crippen molar-refractivity contribution in [2.75, 3.05) is 0 Å². The summed E-state index contributed by atoms with van der Waals surface area (Å²) in [4.78, 5) is 0. The second-order valence-corrected chi connectivity index (χ2v) is 6.21. The molecule has 2 unspecified atom stereocenters. The van der Waals surface area contributed by atoms with E-state index in [0.29, 0.717) is 5.41 Å². The van der Waals surface area contributed by atoms with Crippen LogP contribution in [0.2, 0.25) is 0 Å². The summed E-state index contributed by atoms with van der Waals surface area (Å²) in [5.41, 5.74) is 0.653. The third kappa shape index (κ3) is 3.50. The zero-order valence-corrected chi connectivity index (χ0v) is 11.3. The van der Waals surface area contributed by atoms with Crippen molar-refractivity contribution in [2.45, 2.75) is 79.1 Å². The van der Waals surface area contributed by atoms with Crippen LogP contribution in [-0.2, 0) is 0 Å². The number of unbranched alkanes of at least 4 members (excludes halogenated alkanes) is 1. The van der Waals surface area contributed by atoms with Gasteiger partial charge >= 0.3 is 0 Å². The molecule has 0 aliphatic heterocycles. The van der Waals surface area contributed by atoms with Crippen LogP contribution >= 0.6 is 0 Å². The Labute approximate surface area is 96.8 Å². The SMILES string of the molecule is CCCCC1(C)CCCCCC1C(C)C. The molecule has 1 fully saturated rings. The maximum absolute atomic E-state index is 2.57. The van der Waals surface area contributed by atoms with Crippen LogP contribution in [0, 0.1) is 17.3 Å². The Morgan fingerprint density at radius 2 is 1.93 bits per heavy atom. The molecule has 0 radical (unpaired) electrons. The maximum atomic E-state index is 2.57. The summed E-state index contributed by atoms with van der Waals surface area (Å²) < 4.78 is 0. The maximum Gasteiger partial charge on any atom is -0.0295 e. The van der Waals surface area contributed by atoms with Crippen molar-refractivity contribution in [1.82, 2.24) is 0 Å². The van der Waals surface area contributed by atoms with Gasteiger partial charge < -0.3 is 0 Å². The first kappa shape index (κ1) is 13.1. The van der Waals surface area contributed by atoms with Gasteiger partial charge in [0, 0.05) is 0 Å². The molecular formula is C15H30.